The largest absolute Gasteiger partial charge is 0.378 e. The van der Waals surface area contributed by atoms with Gasteiger partial charge in [0.25, 0.3) is 0 Å². The molecule has 1 atom stereocenters. The number of hydrogen-bond donors (Lipinski definition) is 0. The lowest BCUT2D eigenvalue weighted by molar-refractivity contribution is -0.149. The quantitative estimate of drug-likeness (QED) is 0.809. The molecule has 136 valence electrons. The number of halogens is 1. The fourth-order valence-corrected chi connectivity index (χ4v) is 3.56. The number of anilines is 1. The van der Waals surface area contributed by atoms with Gasteiger partial charge in [-0.2, -0.15) is 0 Å². The summed E-state index contributed by atoms with van der Waals surface area (Å²) in [5.41, 5.74) is 0. The standard InChI is InChI=1S/C17H23FN4O3/c18-13-9-12(10-13)17(23)22-5-8-25-11-14(22)16-19-2-1-15(20-16)21-3-6-24-7-4-21/h1-2,12-14H,3-11H2/t12?,13?,14-/m0/s1. The molecule has 25 heavy (non-hydrogen) atoms. The molecule has 0 aromatic carbocycles. The lowest BCUT2D eigenvalue weighted by Crippen LogP contribution is -2.49. The highest BCUT2D eigenvalue weighted by Crippen LogP contribution is 2.34. The molecule has 2 aliphatic heterocycles. The Hall–Kier alpha value is -1.80. The Morgan fingerprint density at radius 2 is 1.92 bits per heavy atom. The average molecular weight is 350 g/mol. The molecular weight excluding hydrogens is 327 g/mol. The SMILES string of the molecule is O=C(C1CC(F)C1)N1CCOC[C@H]1c1nccc(N2CCOCC2)n1. The zero-order valence-corrected chi connectivity index (χ0v) is 14.1. The summed E-state index contributed by atoms with van der Waals surface area (Å²) in [7, 11) is 0. The van der Waals surface area contributed by atoms with Crippen molar-refractivity contribution in [2.45, 2.75) is 25.1 Å². The van der Waals surface area contributed by atoms with Gasteiger partial charge in [-0.1, -0.05) is 0 Å². The van der Waals surface area contributed by atoms with E-state index >= 15 is 0 Å². The van der Waals surface area contributed by atoms with Gasteiger partial charge in [0.05, 0.1) is 26.4 Å². The first-order chi connectivity index (χ1) is 12.2. The Bertz CT molecular complexity index is 620. The molecule has 0 N–H and O–H groups in total. The average Bonchev–Trinajstić information content (AvgIpc) is 2.66. The summed E-state index contributed by atoms with van der Waals surface area (Å²) in [5, 5.41) is 0. The maximum absolute atomic E-state index is 13.1. The Kier molecular flexibility index (Phi) is 4.80. The third-order valence-corrected chi connectivity index (χ3v) is 5.13. The predicted molar refractivity (Wildman–Crippen MR) is 88.0 cm³/mol. The summed E-state index contributed by atoms with van der Waals surface area (Å²) in [4.78, 5) is 25.7. The normalized spacial score (nSPS) is 30.0. The van der Waals surface area contributed by atoms with Crippen molar-refractivity contribution in [3.8, 4) is 0 Å². The van der Waals surface area contributed by atoms with Gasteiger partial charge in [-0.25, -0.2) is 14.4 Å². The molecule has 1 aromatic heterocycles. The Balaban J connectivity index is 1.52. The molecule has 1 saturated carbocycles. The van der Waals surface area contributed by atoms with Crippen LogP contribution in [-0.2, 0) is 14.3 Å². The highest BCUT2D eigenvalue weighted by atomic mass is 19.1. The first-order valence-electron chi connectivity index (χ1n) is 8.90. The fraction of sp³-hybridized carbons (Fsp3) is 0.706. The first kappa shape index (κ1) is 16.7. The van der Waals surface area contributed by atoms with Gasteiger partial charge in [0.1, 0.15) is 18.0 Å². The van der Waals surface area contributed by atoms with Crippen LogP contribution in [0.25, 0.3) is 0 Å². The molecule has 1 aliphatic carbocycles. The maximum Gasteiger partial charge on any atom is 0.226 e. The molecule has 0 unspecified atom stereocenters. The van der Waals surface area contributed by atoms with E-state index in [-0.39, 0.29) is 17.9 Å². The number of amides is 1. The smallest absolute Gasteiger partial charge is 0.226 e. The number of hydrogen-bond acceptors (Lipinski definition) is 6. The van der Waals surface area contributed by atoms with Crippen LogP contribution in [0.3, 0.4) is 0 Å². The molecule has 7 nitrogen and oxygen atoms in total. The molecule has 0 radical (unpaired) electrons. The molecule has 8 heteroatoms. The highest BCUT2D eigenvalue weighted by Gasteiger charge is 2.41. The lowest BCUT2D eigenvalue weighted by atomic mass is 9.82. The topological polar surface area (TPSA) is 67.8 Å². The monoisotopic (exact) mass is 350 g/mol. The van der Waals surface area contributed by atoms with Crippen molar-refractivity contribution in [2.75, 3.05) is 51.0 Å². The van der Waals surface area contributed by atoms with Crippen LogP contribution in [0.15, 0.2) is 12.3 Å². The Labute approximate surface area is 146 Å². The van der Waals surface area contributed by atoms with Crippen LogP contribution in [0, 0.1) is 5.92 Å². The summed E-state index contributed by atoms with van der Waals surface area (Å²) < 4.78 is 24.1. The van der Waals surface area contributed by atoms with Gasteiger partial charge in [0.2, 0.25) is 5.91 Å². The maximum atomic E-state index is 13.1. The van der Waals surface area contributed by atoms with Crippen molar-refractivity contribution < 1.29 is 18.7 Å². The molecule has 3 aliphatic rings. The number of carbonyl (C=O) groups is 1. The van der Waals surface area contributed by atoms with Gasteiger partial charge in [0.15, 0.2) is 5.82 Å². The van der Waals surface area contributed by atoms with E-state index in [0.29, 0.717) is 51.6 Å². The first-order valence-corrected chi connectivity index (χ1v) is 8.90. The molecular formula is C17H23FN4O3. The van der Waals surface area contributed by atoms with E-state index in [4.69, 9.17) is 9.47 Å². The van der Waals surface area contributed by atoms with Crippen LogP contribution in [0.5, 0.6) is 0 Å². The molecule has 4 rings (SSSR count). The summed E-state index contributed by atoms with van der Waals surface area (Å²) in [5.74, 6) is 1.23. The van der Waals surface area contributed by atoms with E-state index in [1.54, 1.807) is 11.1 Å². The molecule has 1 aromatic rings. The number of nitrogens with zero attached hydrogens (tertiary/aromatic N) is 4. The van der Waals surface area contributed by atoms with Crippen LogP contribution in [0.4, 0.5) is 10.2 Å². The van der Waals surface area contributed by atoms with Crippen LogP contribution in [0.2, 0.25) is 0 Å². The van der Waals surface area contributed by atoms with E-state index < -0.39 is 6.17 Å². The minimum Gasteiger partial charge on any atom is -0.378 e. The van der Waals surface area contributed by atoms with Crippen molar-refractivity contribution in [1.82, 2.24) is 14.9 Å². The van der Waals surface area contributed by atoms with Gasteiger partial charge in [0, 0.05) is 31.7 Å². The van der Waals surface area contributed by atoms with Gasteiger partial charge >= 0.3 is 0 Å². The van der Waals surface area contributed by atoms with Crippen LogP contribution in [-0.4, -0.2) is 73.0 Å². The van der Waals surface area contributed by atoms with Crippen LogP contribution < -0.4 is 4.90 Å². The van der Waals surface area contributed by atoms with Crippen LogP contribution in [0.1, 0.15) is 24.7 Å². The summed E-state index contributed by atoms with van der Waals surface area (Å²) in [6.45, 7) is 4.33. The summed E-state index contributed by atoms with van der Waals surface area (Å²) >= 11 is 0. The van der Waals surface area contributed by atoms with Crippen molar-refractivity contribution in [2.24, 2.45) is 5.92 Å². The van der Waals surface area contributed by atoms with Crippen molar-refractivity contribution in [1.29, 1.82) is 0 Å². The second kappa shape index (κ2) is 7.21. The minimum atomic E-state index is -0.839. The number of aromatic nitrogens is 2. The second-order valence-corrected chi connectivity index (χ2v) is 6.76. The highest BCUT2D eigenvalue weighted by molar-refractivity contribution is 5.80. The van der Waals surface area contributed by atoms with Gasteiger partial charge in [-0.05, 0) is 18.9 Å². The molecule has 0 bridgehead atoms. The Morgan fingerprint density at radius 3 is 2.68 bits per heavy atom. The summed E-state index contributed by atoms with van der Waals surface area (Å²) in [6, 6.07) is 1.57. The van der Waals surface area contributed by atoms with E-state index in [9.17, 15) is 9.18 Å². The third-order valence-electron chi connectivity index (χ3n) is 5.13. The zero-order valence-electron chi connectivity index (χ0n) is 14.1. The van der Waals surface area contributed by atoms with E-state index in [1.165, 1.54) is 0 Å². The number of rotatable bonds is 3. The van der Waals surface area contributed by atoms with Crippen molar-refractivity contribution >= 4 is 11.7 Å². The molecule has 3 fully saturated rings. The Morgan fingerprint density at radius 1 is 1.16 bits per heavy atom. The van der Waals surface area contributed by atoms with Crippen molar-refractivity contribution in [3.05, 3.63) is 18.1 Å². The van der Waals surface area contributed by atoms with Crippen molar-refractivity contribution in [3.63, 3.8) is 0 Å². The van der Waals surface area contributed by atoms with E-state index in [2.05, 4.69) is 14.9 Å². The molecule has 0 spiro atoms. The summed E-state index contributed by atoms with van der Waals surface area (Å²) in [6.07, 6.45) is 1.55. The lowest BCUT2D eigenvalue weighted by Gasteiger charge is -2.40. The third kappa shape index (κ3) is 3.46. The van der Waals surface area contributed by atoms with E-state index in [0.717, 1.165) is 18.9 Å². The molecule has 1 amide bonds. The fourth-order valence-electron chi connectivity index (χ4n) is 3.56. The van der Waals surface area contributed by atoms with Gasteiger partial charge < -0.3 is 19.3 Å². The second-order valence-electron chi connectivity index (χ2n) is 6.76. The van der Waals surface area contributed by atoms with Gasteiger partial charge in [-0.3, -0.25) is 4.79 Å². The molecule has 2 saturated heterocycles. The number of morpholine rings is 2. The number of carbonyl (C=O) groups excluding carboxylic acids is 1. The van der Waals surface area contributed by atoms with E-state index in [1.807, 2.05) is 6.07 Å². The predicted octanol–water partition coefficient (Wildman–Crippen LogP) is 0.961. The molecule has 3 heterocycles. The van der Waals surface area contributed by atoms with Gasteiger partial charge in [-0.15, -0.1) is 0 Å². The van der Waals surface area contributed by atoms with Crippen LogP contribution >= 0.6 is 0 Å². The number of alkyl halides is 1. The number of ether oxygens (including phenoxy) is 2. The zero-order chi connectivity index (χ0) is 17.2. The minimum absolute atomic E-state index is 0.00238.